The van der Waals surface area contributed by atoms with Crippen LogP contribution in [0.25, 0.3) is 11.2 Å². The van der Waals surface area contributed by atoms with Crippen LogP contribution in [0.15, 0.2) is 52.2 Å². The molecule has 0 unspecified atom stereocenters. The van der Waals surface area contributed by atoms with Gasteiger partial charge in [-0.2, -0.15) is 4.98 Å². The molecule has 0 aliphatic heterocycles. The van der Waals surface area contributed by atoms with Gasteiger partial charge in [-0.25, -0.2) is 4.98 Å². The number of nitro groups is 1. The SMILES string of the molecule is O=[N+]([O-])c1cccc(CSc2nc3ncccc3o2)c1. The van der Waals surface area contributed by atoms with Crippen LogP contribution in [0.4, 0.5) is 5.69 Å². The van der Waals surface area contributed by atoms with Gasteiger partial charge in [-0.15, -0.1) is 0 Å². The van der Waals surface area contributed by atoms with Crippen molar-refractivity contribution in [2.75, 3.05) is 0 Å². The smallest absolute Gasteiger partial charge is 0.269 e. The van der Waals surface area contributed by atoms with Gasteiger partial charge in [-0.3, -0.25) is 10.1 Å². The summed E-state index contributed by atoms with van der Waals surface area (Å²) in [6.45, 7) is 0. The molecule has 3 aromatic rings. The number of benzene rings is 1. The standard InChI is InChI=1S/C13H9N3O3S/c17-16(18)10-4-1-3-9(7-10)8-20-13-15-12-11(19-13)5-2-6-14-12/h1-7H,8H2. The van der Waals surface area contributed by atoms with Crippen molar-refractivity contribution in [1.29, 1.82) is 0 Å². The van der Waals surface area contributed by atoms with Crippen LogP contribution in [0.2, 0.25) is 0 Å². The third kappa shape index (κ3) is 2.62. The molecule has 2 heterocycles. The molecule has 0 bridgehead atoms. The van der Waals surface area contributed by atoms with Crippen LogP contribution in [-0.2, 0) is 5.75 Å². The summed E-state index contributed by atoms with van der Waals surface area (Å²) in [6.07, 6.45) is 1.65. The molecule has 0 atom stereocenters. The minimum Gasteiger partial charge on any atom is -0.430 e. The number of aromatic nitrogens is 2. The predicted octanol–water partition coefficient (Wildman–Crippen LogP) is 3.42. The van der Waals surface area contributed by atoms with Crippen molar-refractivity contribution < 1.29 is 9.34 Å². The first-order chi connectivity index (χ1) is 9.72. The first-order valence-corrected chi connectivity index (χ1v) is 6.78. The zero-order valence-electron chi connectivity index (χ0n) is 10.2. The first-order valence-electron chi connectivity index (χ1n) is 5.80. The van der Waals surface area contributed by atoms with Crippen molar-refractivity contribution in [2.45, 2.75) is 11.0 Å². The third-order valence-corrected chi connectivity index (χ3v) is 3.53. The Bertz CT molecular complexity index is 739. The van der Waals surface area contributed by atoms with Crippen LogP contribution in [-0.4, -0.2) is 14.9 Å². The van der Waals surface area contributed by atoms with E-state index in [0.717, 1.165) is 5.56 Å². The van der Waals surface area contributed by atoms with Gasteiger partial charge >= 0.3 is 0 Å². The van der Waals surface area contributed by atoms with E-state index in [1.807, 2.05) is 6.07 Å². The van der Waals surface area contributed by atoms with Crippen LogP contribution in [0.1, 0.15) is 5.56 Å². The Hall–Kier alpha value is -2.41. The fourth-order valence-corrected chi connectivity index (χ4v) is 2.49. The van der Waals surface area contributed by atoms with Crippen molar-refractivity contribution >= 4 is 28.7 Å². The molecule has 3 rings (SSSR count). The largest absolute Gasteiger partial charge is 0.430 e. The van der Waals surface area contributed by atoms with E-state index in [0.29, 0.717) is 22.2 Å². The Morgan fingerprint density at radius 2 is 2.20 bits per heavy atom. The van der Waals surface area contributed by atoms with Gasteiger partial charge in [0.2, 0.25) is 0 Å². The monoisotopic (exact) mass is 287 g/mol. The Morgan fingerprint density at radius 1 is 1.30 bits per heavy atom. The number of pyridine rings is 1. The first kappa shape index (κ1) is 12.6. The van der Waals surface area contributed by atoms with E-state index in [4.69, 9.17) is 4.42 Å². The maximum absolute atomic E-state index is 10.7. The van der Waals surface area contributed by atoms with E-state index >= 15 is 0 Å². The van der Waals surface area contributed by atoms with Crippen molar-refractivity contribution in [3.05, 3.63) is 58.3 Å². The van der Waals surface area contributed by atoms with Gasteiger partial charge in [0.15, 0.2) is 11.2 Å². The summed E-state index contributed by atoms with van der Waals surface area (Å²) >= 11 is 1.38. The van der Waals surface area contributed by atoms with Crippen LogP contribution in [0.3, 0.4) is 0 Å². The molecule has 100 valence electrons. The molecule has 2 aromatic heterocycles. The molecule has 0 aliphatic carbocycles. The number of nitrogens with zero attached hydrogens (tertiary/aromatic N) is 3. The maximum atomic E-state index is 10.7. The summed E-state index contributed by atoms with van der Waals surface area (Å²) in [4.78, 5) is 18.6. The molecule has 0 saturated carbocycles. The molecule has 0 N–H and O–H groups in total. The van der Waals surface area contributed by atoms with Crippen LogP contribution in [0.5, 0.6) is 0 Å². The minimum atomic E-state index is -0.405. The summed E-state index contributed by atoms with van der Waals surface area (Å²) in [6, 6.07) is 10.1. The molecule has 0 fully saturated rings. The van der Waals surface area contributed by atoms with E-state index in [-0.39, 0.29) is 5.69 Å². The molecule has 1 aromatic carbocycles. The summed E-state index contributed by atoms with van der Waals surface area (Å²) in [5, 5.41) is 11.2. The Morgan fingerprint density at radius 3 is 3.00 bits per heavy atom. The molecule has 0 radical (unpaired) electrons. The Balaban J connectivity index is 1.75. The molecule has 20 heavy (non-hydrogen) atoms. The molecular formula is C13H9N3O3S. The molecule has 0 saturated heterocycles. The zero-order chi connectivity index (χ0) is 13.9. The fraction of sp³-hybridized carbons (Fsp3) is 0.0769. The van der Waals surface area contributed by atoms with E-state index < -0.39 is 4.92 Å². The number of rotatable bonds is 4. The molecule has 0 aliphatic rings. The number of hydrogen-bond donors (Lipinski definition) is 0. The minimum absolute atomic E-state index is 0.0855. The summed E-state index contributed by atoms with van der Waals surface area (Å²) in [5.74, 6) is 0.550. The molecule has 0 spiro atoms. The Labute approximate surface area is 118 Å². The van der Waals surface area contributed by atoms with Crippen LogP contribution in [0, 0.1) is 10.1 Å². The average Bonchev–Trinajstić information content (AvgIpc) is 2.88. The van der Waals surface area contributed by atoms with E-state index in [9.17, 15) is 10.1 Å². The lowest BCUT2D eigenvalue weighted by molar-refractivity contribution is -0.384. The summed E-state index contributed by atoms with van der Waals surface area (Å²) in [5.41, 5.74) is 2.13. The Kier molecular flexibility index (Phi) is 3.34. The molecule has 0 amide bonds. The number of fused-ring (bicyclic) bond motifs is 1. The number of non-ortho nitro benzene ring substituents is 1. The number of nitro benzene ring substituents is 1. The quantitative estimate of drug-likeness (QED) is 0.415. The third-order valence-electron chi connectivity index (χ3n) is 2.63. The van der Waals surface area contributed by atoms with Gasteiger partial charge in [-0.05, 0) is 17.7 Å². The van der Waals surface area contributed by atoms with Gasteiger partial charge < -0.3 is 4.42 Å². The summed E-state index contributed by atoms with van der Waals surface area (Å²) < 4.78 is 5.52. The normalized spacial score (nSPS) is 10.8. The van der Waals surface area contributed by atoms with Crippen molar-refractivity contribution in [3.8, 4) is 0 Å². The van der Waals surface area contributed by atoms with Crippen molar-refractivity contribution in [3.63, 3.8) is 0 Å². The average molecular weight is 287 g/mol. The highest BCUT2D eigenvalue weighted by molar-refractivity contribution is 7.98. The maximum Gasteiger partial charge on any atom is 0.269 e. The van der Waals surface area contributed by atoms with Crippen LogP contribution < -0.4 is 0 Å². The van der Waals surface area contributed by atoms with E-state index in [1.165, 1.54) is 17.8 Å². The lowest BCUT2D eigenvalue weighted by Crippen LogP contribution is -1.89. The molecular weight excluding hydrogens is 278 g/mol. The zero-order valence-corrected chi connectivity index (χ0v) is 11.0. The highest BCUT2D eigenvalue weighted by atomic mass is 32.2. The summed E-state index contributed by atoms with van der Waals surface area (Å²) in [7, 11) is 0. The molecule has 7 heteroatoms. The van der Waals surface area contributed by atoms with E-state index in [2.05, 4.69) is 9.97 Å². The fourth-order valence-electron chi connectivity index (χ4n) is 1.72. The van der Waals surface area contributed by atoms with Gasteiger partial charge in [-0.1, -0.05) is 23.9 Å². The van der Waals surface area contributed by atoms with Gasteiger partial charge in [0.05, 0.1) is 4.92 Å². The second-order valence-electron chi connectivity index (χ2n) is 4.02. The highest BCUT2D eigenvalue weighted by Gasteiger charge is 2.09. The van der Waals surface area contributed by atoms with Gasteiger partial charge in [0, 0.05) is 24.1 Å². The lowest BCUT2D eigenvalue weighted by atomic mass is 10.2. The number of oxazole rings is 1. The molecule has 6 nitrogen and oxygen atoms in total. The predicted molar refractivity (Wildman–Crippen MR) is 74.5 cm³/mol. The highest BCUT2D eigenvalue weighted by Crippen LogP contribution is 2.26. The second kappa shape index (κ2) is 5.30. The topological polar surface area (TPSA) is 82.1 Å². The second-order valence-corrected chi connectivity index (χ2v) is 4.95. The van der Waals surface area contributed by atoms with Crippen molar-refractivity contribution in [1.82, 2.24) is 9.97 Å². The lowest BCUT2D eigenvalue weighted by Gasteiger charge is -1.98. The van der Waals surface area contributed by atoms with Gasteiger partial charge in [0.1, 0.15) is 0 Å². The van der Waals surface area contributed by atoms with E-state index in [1.54, 1.807) is 30.5 Å². The number of thioether (sulfide) groups is 1. The van der Waals surface area contributed by atoms with Crippen LogP contribution >= 0.6 is 11.8 Å². The van der Waals surface area contributed by atoms with Gasteiger partial charge in [0.25, 0.3) is 10.9 Å². The number of hydrogen-bond acceptors (Lipinski definition) is 6. The van der Waals surface area contributed by atoms with Crippen molar-refractivity contribution in [2.24, 2.45) is 0 Å².